The number of rotatable bonds is 10. The summed E-state index contributed by atoms with van der Waals surface area (Å²) in [5.74, 6) is -2.02. The summed E-state index contributed by atoms with van der Waals surface area (Å²) in [7, 11) is 0. The number of halogens is 2. The summed E-state index contributed by atoms with van der Waals surface area (Å²) in [4.78, 5) is 35.4. The van der Waals surface area contributed by atoms with Crippen molar-refractivity contribution < 1.29 is 33.4 Å². The van der Waals surface area contributed by atoms with Crippen LogP contribution in [0.4, 0.5) is 4.39 Å². The average Bonchev–Trinajstić information content (AvgIpc) is 2.72. The highest BCUT2D eigenvalue weighted by Crippen LogP contribution is 2.60. The van der Waals surface area contributed by atoms with Crippen LogP contribution in [-0.4, -0.2) is 47.2 Å². The first-order valence-electron chi connectivity index (χ1n) is 10.3. The Bertz CT molecular complexity index is 1090. The summed E-state index contributed by atoms with van der Waals surface area (Å²) in [5.41, 5.74) is 0.139. The standard InChI is InChI=1S/C23H22ClFN2O6/c24-17-5-4-16(7-18(17)25)33-10-20(29)27-23-11-22(12-23,13-23)26-19(28)9-32-8-14-2-1-3-15(6-14)21(30)31/h1-7H,8-13H2,(H,26,28)(H,27,29)(H,30,31). The van der Waals surface area contributed by atoms with Gasteiger partial charge >= 0.3 is 5.97 Å². The second-order valence-electron chi connectivity index (χ2n) is 8.55. The van der Waals surface area contributed by atoms with E-state index >= 15 is 0 Å². The lowest BCUT2D eigenvalue weighted by atomic mass is 9.44. The molecule has 5 rings (SSSR count). The van der Waals surface area contributed by atoms with Gasteiger partial charge in [-0.05, 0) is 49.1 Å². The monoisotopic (exact) mass is 476 g/mol. The Hall–Kier alpha value is -3.17. The van der Waals surface area contributed by atoms with Crippen molar-refractivity contribution in [2.75, 3.05) is 13.2 Å². The highest BCUT2D eigenvalue weighted by Gasteiger charge is 2.69. The van der Waals surface area contributed by atoms with Crippen molar-refractivity contribution in [1.29, 1.82) is 0 Å². The molecule has 3 saturated carbocycles. The van der Waals surface area contributed by atoms with Gasteiger partial charge in [0.15, 0.2) is 6.61 Å². The Labute approximate surface area is 194 Å². The van der Waals surface area contributed by atoms with Crippen LogP contribution in [0.5, 0.6) is 5.75 Å². The predicted octanol–water partition coefficient (Wildman–Crippen LogP) is 2.68. The van der Waals surface area contributed by atoms with Gasteiger partial charge in [-0.1, -0.05) is 23.7 Å². The molecular weight excluding hydrogens is 455 g/mol. The first-order chi connectivity index (χ1) is 15.7. The topological polar surface area (TPSA) is 114 Å². The largest absolute Gasteiger partial charge is 0.484 e. The van der Waals surface area contributed by atoms with Crippen molar-refractivity contribution in [2.24, 2.45) is 0 Å². The van der Waals surface area contributed by atoms with Gasteiger partial charge in [0.2, 0.25) is 5.91 Å². The number of benzene rings is 2. The van der Waals surface area contributed by atoms with E-state index in [9.17, 15) is 18.8 Å². The molecule has 3 aliphatic rings. The minimum atomic E-state index is -1.02. The first kappa shape index (κ1) is 23.0. The fourth-order valence-electron chi connectivity index (χ4n) is 4.49. The van der Waals surface area contributed by atoms with Crippen molar-refractivity contribution >= 4 is 29.4 Å². The number of hydrogen-bond donors (Lipinski definition) is 3. The molecule has 0 aromatic heterocycles. The van der Waals surface area contributed by atoms with E-state index in [1.807, 2.05) is 0 Å². The maximum atomic E-state index is 13.4. The molecular formula is C23H22ClFN2O6. The van der Waals surface area contributed by atoms with Gasteiger partial charge in [-0.2, -0.15) is 0 Å². The molecule has 3 fully saturated rings. The SMILES string of the molecule is O=C(COCc1cccc(C(=O)O)c1)NC12CC(NC(=O)COc3ccc(Cl)c(F)c3)(C1)C2. The lowest BCUT2D eigenvalue weighted by Crippen LogP contribution is -2.84. The van der Waals surface area contributed by atoms with Crippen LogP contribution in [0.3, 0.4) is 0 Å². The van der Waals surface area contributed by atoms with Gasteiger partial charge in [-0.3, -0.25) is 9.59 Å². The van der Waals surface area contributed by atoms with Crippen molar-refractivity contribution in [1.82, 2.24) is 10.6 Å². The molecule has 0 spiro atoms. The summed E-state index contributed by atoms with van der Waals surface area (Å²) in [6.07, 6.45) is 1.86. The Morgan fingerprint density at radius 3 is 2.30 bits per heavy atom. The Balaban J connectivity index is 1.14. The third kappa shape index (κ3) is 5.26. The number of carbonyl (C=O) groups is 3. The molecule has 2 aromatic carbocycles. The van der Waals surface area contributed by atoms with E-state index in [4.69, 9.17) is 26.2 Å². The lowest BCUT2D eigenvalue weighted by Gasteiger charge is -2.70. The molecule has 8 nitrogen and oxygen atoms in total. The van der Waals surface area contributed by atoms with E-state index in [1.165, 1.54) is 24.3 Å². The van der Waals surface area contributed by atoms with Crippen LogP contribution in [-0.2, 0) is 20.9 Å². The molecule has 2 bridgehead atoms. The zero-order chi connectivity index (χ0) is 23.6. The van der Waals surface area contributed by atoms with Crippen LogP contribution >= 0.6 is 11.6 Å². The average molecular weight is 477 g/mol. The number of aromatic carboxylic acids is 1. The highest BCUT2D eigenvalue weighted by atomic mass is 35.5. The normalized spacial score (nSPS) is 22.5. The van der Waals surface area contributed by atoms with Crippen LogP contribution in [0.15, 0.2) is 42.5 Å². The maximum absolute atomic E-state index is 13.4. The van der Waals surface area contributed by atoms with Crippen LogP contribution in [0, 0.1) is 5.82 Å². The van der Waals surface area contributed by atoms with E-state index in [2.05, 4.69) is 10.6 Å². The number of hydrogen-bond acceptors (Lipinski definition) is 5. The van der Waals surface area contributed by atoms with Crippen LogP contribution in [0.1, 0.15) is 35.2 Å². The molecule has 3 aliphatic carbocycles. The van der Waals surface area contributed by atoms with Crippen molar-refractivity contribution in [3.8, 4) is 5.75 Å². The number of carboxylic acids is 1. The molecule has 174 valence electrons. The number of ether oxygens (including phenoxy) is 2. The Morgan fingerprint density at radius 2 is 1.67 bits per heavy atom. The van der Waals surface area contributed by atoms with Crippen LogP contribution in [0.2, 0.25) is 5.02 Å². The Morgan fingerprint density at radius 1 is 1.00 bits per heavy atom. The quantitative estimate of drug-likeness (QED) is 0.486. The maximum Gasteiger partial charge on any atom is 0.335 e. The van der Waals surface area contributed by atoms with E-state index in [1.54, 1.807) is 12.1 Å². The molecule has 2 aromatic rings. The van der Waals surface area contributed by atoms with E-state index in [0.717, 1.165) is 6.07 Å². The van der Waals surface area contributed by atoms with Crippen LogP contribution in [0.25, 0.3) is 0 Å². The van der Waals surface area contributed by atoms with Gasteiger partial charge in [0, 0.05) is 17.1 Å². The summed E-state index contributed by atoms with van der Waals surface area (Å²) in [6.45, 7) is -0.276. The third-order valence-corrected chi connectivity index (χ3v) is 6.08. The van der Waals surface area contributed by atoms with E-state index in [0.29, 0.717) is 24.8 Å². The zero-order valence-electron chi connectivity index (χ0n) is 17.5. The Kier molecular flexibility index (Phi) is 6.27. The summed E-state index contributed by atoms with van der Waals surface area (Å²) >= 11 is 5.62. The number of amides is 2. The predicted molar refractivity (Wildman–Crippen MR) is 116 cm³/mol. The van der Waals surface area contributed by atoms with Gasteiger partial charge in [0.05, 0.1) is 17.2 Å². The van der Waals surface area contributed by atoms with Gasteiger partial charge < -0.3 is 25.2 Å². The molecule has 2 amide bonds. The van der Waals surface area contributed by atoms with Gasteiger partial charge in [-0.15, -0.1) is 0 Å². The van der Waals surface area contributed by atoms with E-state index in [-0.39, 0.29) is 59.0 Å². The summed E-state index contributed by atoms with van der Waals surface area (Å²) in [6, 6.07) is 10.3. The van der Waals surface area contributed by atoms with Crippen molar-refractivity contribution in [3.63, 3.8) is 0 Å². The van der Waals surface area contributed by atoms with Crippen molar-refractivity contribution in [3.05, 3.63) is 64.4 Å². The molecule has 0 aliphatic heterocycles. The molecule has 0 heterocycles. The van der Waals surface area contributed by atoms with Gasteiger partial charge in [0.1, 0.15) is 18.2 Å². The minimum absolute atomic E-state index is 0.0224. The van der Waals surface area contributed by atoms with Gasteiger partial charge in [0.25, 0.3) is 5.91 Å². The minimum Gasteiger partial charge on any atom is -0.484 e. The number of carboxylic acid groups (broad SMARTS) is 1. The highest BCUT2D eigenvalue weighted by molar-refractivity contribution is 6.30. The zero-order valence-corrected chi connectivity index (χ0v) is 18.3. The fourth-order valence-corrected chi connectivity index (χ4v) is 4.61. The smallest absolute Gasteiger partial charge is 0.335 e. The van der Waals surface area contributed by atoms with E-state index < -0.39 is 11.8 Å². The number of carbonyl (C=O) groups excluding carboxylic acids is 2. The fraction of sp³-hybridized carbons (Fsp3) is 0.348. The molecule has 3 N–H and O–H groups in total. The molecule has 0 atom stereocenters. The second kappa shape index (κ2) is 8.99. The second-order valence-corrected chi connectivity index (χ2v) is 8.96. The first-order valence-corrected chi connectivity index (χ1v) is 10.7. The lowest BCUT2D eigenvalue weighted by molar-refractivity contribution is -0.152. The summed E-state index contributed by atoms with van der Waals surface area (Å²) in [5, 5.41) is 14.9. The number of nitrogens with one attached hydrogen (secondary N) is 2. The molecule has 0 radical (unpaired) electrons. The van der Waals surface area contributed by atoms with Crippen molar-refractivity contribution in [2.45, 2.75) is 36.9 Å². The molecule has 33 heavy (non-hydrogen) atoms. The summed E-state index contributed by atoms with van der Waals surface area (Å²) < 4.78 is 24.1. The molecule has 0 saturated heterocycles. The van der Waals surface area contributed by atoms with Gasteiger partial charge in [-0.25, -0.2) is 9.18 Å². The third-order valence-electron chi connectivity index (χ3n) is 5.78. The van der Waals surface area contributed by atoms with Crippen LogP contribution < -0.4 is 15.4 Å². The molecule has 0 unspecified atom stereocenters. The molecule has 10 heteroatoms.